The van der Waals surface area contributed by atoms with Crippen LogP contribution >= 0.6 is 0 Å². The van der Waals surface area contributed by atoms with Gasteiger partial charge in [0.15, 0.2) is 18.5 Å². The van der Waals surface area contributed by atoms with E-state index in [1.807, 2.05) is 0 Å². The molecule has 1 aliphatic rings. The highest BCUT2D eigenvalue weighted by atomic mass is 16.7. The van der Waals surface area contributed by atoms with Crippen molar-refractivity contribution >= 4 is 47.3 Å². The van der Waals surface area contributed by atoms with E-state index in [1.165, 1.54) is 20.3 Å². The van der Waals surface area contributed by atoms with Crippen LogP contribution in [0.15, 0.2) is 0 Å². The van der Waals surface area contributed by atoms with Gasteiger partial charge in [0.05, 0.1) is 13.2 Å². The first kappa shape index (κ1) is 55.9. The van der Waals surface area contributed by atoms with Gasteiger partial charge in [0, 0.05) is 85.0 Å². The standard InChI is InChI=1S/C44H76N4O14/c1-8-44(7,29-47-38(55)21-16-14-12-10-9-11-13-15-20-31(2)49)30-57-27-23-39(56)46-25-19-24-45-37(54)22-17-18-26-58-43-40(48-32(3)50)42(61-35(6)53)41(60-34(5)52)36(62-43)28-59-33(4)51/h36,40-43H,8-30H2,1-7H3,(H,45,54)(H,46,56)(H,47,55)(H,48,50). The predicted octanol–water partition coefficient (Wildman–Crippen LogP) is 3.88. The SMILES string of the molecule is CCC(C)(CNC(=O)CCCCCCCCCCC(C)=O)COCCC(=O)NCCCNC(=O)CCCCOC1OC(COC(C)=O)C(OC(C)=O)C(OC(C)=O)C1NC(C)=O. The number of rotatable bonds is 34. The van der Waals surface area contributed by atoms with Gasteiger partial charge in [0.1, 0.15) is 24.5 Å². The van der Waals surface area contributed by atoms with E-state index in [1.54, 1.807) is 6.92 Å². The highest BCUT2D eigenvalue weighted by Crippen LogP contribution is 2.28. The van der Waals surface area contributed by atoms with Crippen molar-refractivity contribution in [2.24, 2.45) is 5.41 Å². The van der Waals surface area contributed by atoms with Crippen molar-refractivity contribution in [1.82, 2.24) is 21.3 Å². The number of hydrogen-bond acceptors (Lipinski definition) is 14. The van der Waals surface area contributed by atoms with Crippen LogP contribution in [0.1, 0.15) is 151 Å². The second kappa shape index (κ2) is 32.5. The topological polar surface area (TPSA) is 240 Å². The van der Waals surface area contributed by atoms with E-state index in [0.717, 1.165) is 65.2 Å². The summed E-state index contributed by atoms with van der Waals surface area (Å²) in [4.78, 5) is 95.7. The van der Waals surface area contributed by atoms with Crippen LogP contribution in [0.3, 0.4) is 0 Å². The largest absolute Gasteiger partial charge is 0.463 e. The first-order chi connectivity index (χ1) is 29.5. The summed E-state index contributed by atoms with van der Waals surface area (Å²) in [7, 11) is 0. The van der Waals surface area contributed by atoms with Crippen LogP contribution in [0, 0.1) is 5.41 Å². The Balaban J connectivity index is 2.30. The number of Topliss-reactive ketones (excluding diaryl/α,β-unsaturated/α-hetero) is 1. The van der Waals surface area contributed by atoms with Gasteiger partial charge >= 0.3 is 17.9 Å². The van der Waals surface area contributed by atoms with E-state index in [9.17, 15) is 38.4 Å². The molecule has 0 aliphatic carbocycles. The number of ether oxygens (including phenoxy) is 6. The molecule has 62 heavy (non-hydrogen) atoms. The van der Waals surface area contributed by atoms with Crippen molar-refractivity contribution in [2.45, 2.75) is 182 Å². The smallest absolute Gasteiger partial charge is 0.303 e. The monoisotopic (exact) mass is 885 g/mol. The van der Waals surface area contributed by atoms with E-state index in [2.05, 4.69) is 35.1 Å². The van der Waals surface area contributed by atoms with Crippen LogP contribution in [0.25, 0.3) is 0 Å². The van der Waals surface area contributed by atoms with Crippen molar-refractivity contribution in [2.75, 3.05) is 46.1 Å². The lowest BCUT2D eigenvalue weighted by Crippen LogP contribution is -2.66. The minimum Gasteiger partial charge on any atom is -0.463 e. The Hall–Kier alpha value is -4.16. The van der Waals surface area contributed by atoms with E-state index >= 15 is 0 Å². The van der Waals surface area contributed by atoms with Crippen LogP contribution in [0.5, 0.6) is 0 Å². The second-order valence-electron chi connectivity index (χ2n) is 16.4. The molecule has 1 heterocycles. The summed E-state index contributed by atoms with van der Waals surface area (Å²) in [6, 6.07) is -1.07. The molecule has 18 heteroatoms. The van der Waals surface area contributed by atoms with Crippen molar-refractivity contribution < 1.29 is 66.8 Å². The molecular formula is C44H76N4O14. The summed E-state index contributed by atoms with van der Waals surface area (Å²) in [5, 5.41) is 11.3. The molecule has 1 saturated heterocycles. The maximum Gasteiger partial charge on any atom is 0.303 e. The molecular weight excluding hydrogens is 808 g/mol. The lowest BCUT2D eigenvalue weighted by Gasteiger charge is -2.44. The van der Waals surface area contributed by atoms with Gasteiger partial charge < -0.3 is 54.5 Å². The van der Waals surface area contributed by atoms with Gasteiger partial charge in [-0.1, -0.05) is 52.4 Å². The summed E-state index contributed by atoms with van der Waals surface area (Å²) >= 11 is 0. The van der Waals surface area contributed by atoms with Gasteiger partial charge in [-0.2, -0.15) is 0 Å². The third-order valence-electron chi connectivity index (χ3n) is 10.3. The predicted molar refractivity (Wildman–Crippen MR) is 228 cm³/mol. The van der Waals surface area contributed by atoms with Gasteiger partial charge in [-0.15, -0.1) is 0 Å². The van der Waals surface area contributed by atoms with Crippen LogP contribution in [0.2, 0.25) is 0 Å². The fourth-order valence-corrected chi connectivity index (χ4v) is 6.62. The Morgan fingerprint density at radius 2 is 1.13 bits per heavy atom. The minimum absolute atomic E-state index is 0.0454. The first-order valence-electron chi connectivity index (χ1n) is 22.4. The van der Waals surface area contributed by atoms with Gasteiger partial charge in [0.2, 0.25) is 23.6 Å². The molecule has 1 aliphatic heterocycles. The van der Waals surface area contributed by atoms with E-state index < -0.39 is 54.5 Å². The molecule has 6 unspecified atom stereocenters. The quantitative estimate of drug-likeness (QED) is 0.0408. The van der Waals surface area contributed by atoms with Crippen molar-refractivity contribution in [3.63, 3.8) is 0 Å². The second-order valence-corrected chi connectivity index (χ2v) is 16.4. The Morgan fingerprint density at radius 1 is 0.597 bits per heavy atom. The van der Waals surface area contributed by atoms with E-state index in [4.69, 9.17) is 28.4 Å². The Kier molecular flexibility index (Phi) is 29.3. The summed E-state index contributed by atoms with van der Waals surface area (Å²) in [6.45, 7) is 12.2. The molecule has 18 nitrogen and oxygen atoms in total. The molecule has 0 bridgehead atoms. The third kappa shape index (κ3) is 27.0. The Labute approximate surface area is 368 Å². The number of nitrogens with one attached hydrogen (secondary N) is 4. The van der Waals surface area contributed by atoms with Gasteiger partial charge in [0.25, 0.3) is 0 Å². The van der Waals surface area contributed by atoms with E-state index in [0.29, 0.717) is 58.3 Å². The summed E-state index contributed by atoms with van der Waals surface area (Å²) in [5.74, 6) is -2.55. The molecule has 4 N–H and O–H groups in total. The van der Waals surface area contributed by atoms with Crippen LogP contribution in [-0.4, -0.2) is 124 Å². The van der Waals surface area contributed by atoms with Gasteiger partial charge in [-0.3, -0.25) is 33.6 Å². The average molecular weight is 885 g/mol. The number of carbonyl (C=O) groups is 8. The molecule has 0 radical (unpaired) electrons. The zero-order valence-electron chi connectivity index (χ0n) is 38.4. The van der Waals surface area contributed by atoms with Gasteiger partial charge in [-0.05, 0) is 45.4 Å². The molecule has 0 spiro atoms. The summed E-state index contributed by atoms with van der Waals surface area (Å²) in [6.07, 6.45) is 7.71. The molecule has 1 fully saturated rings. The fourth-order valence-electron chi connectivity index (χ4n) is 6.62. The highest BCUT2D eigenvalue weighted by molar-refractivity contribution is 5.77. The molecule has 356 valence electrons. The maximum atomic E-state index is 12.4. The van der Waals surface area contributed by atoms with Crippen LogP contribution in [0.4, 0.5) is 0 Å². The number of ketones is 1. The molecule has 6 atom stereocenters. The number of carbonyl (C=O) groups excluding carboxylic acids is 8. The summed E-state index contributed by atoms with van der Waals surface area (Å²) in [5.41, 5.74) is -0.245. The molecule has 0 saturated carbocycles. The summed E-state index contributed by atoms with van der Waals surface area (Å²) < 4.78 is 33.6. The number of hydrogen-bond donors (Lipinski definition) is 4. The Morgan fingerprint density at radius 3 is 1.68 bits per heavy atom. The molecule has 1 rings (SSSR count). The number of unbranched alkanes of at least 4 members (excludes halogenated alkanes) is 8. The molecule has 0 aromatic carbocycles. The number of esters is 3. The maximum absolute atomic E-state index is 12.4. The average Bonchev–Trinajstić information content (AvgIpc) is 3.19. The van der Waals surface area contributed by atoms with Crippen LogP contribution < -0.4 is 21.3 Å². The molecule has 0 aromatic rings. The molecule has 4 amide bonds. The number of amides is 4. The van der Waals surface area contributed by atoms with Crippen molar-refractivity contribution in [3.8, 4) is 0 Å². The normalized spacial score (nSPS) is 19.3. The zero-order valence-corrected chi connectivity index (χ0v) is 38.4. The first-order valence-corrected chi connectivity index (χ1v) is 22.4. The van der Waals surface area contributed by atoms with Crippen LogP contribution in [-0.2, 0) is 66.8 Å². The zero-order chi connectivity index (χ0) is 46.3. The third-order valence-corrected chi connectivity index (χ3v) is 10.3. The highest BCUT2D eigenvalue weighted by Gasteiger charge is 2.51. The lowest BCUT2D eigenvalue weighted by molar-refractivity contribution is -0.277. The Bertz CT molecular complexity index is 1400. The van der Waals surface area contributed by atoms with E-state index in [-0.39, 0.29) is 61.6 Å². The minimum atomic E-state index is -1.22. The lowest BCUT2D eigenvalue weighted by atomic mass is 9.88. The fraction of sp³-hybridized carbons (Fsp3) is 0.818. The molecule has 0 aromatic heterocycles. The van der Waals surface area contributed by atoms with Gasteiger partial charge in [-0.25, -0.2) is 0 Å². The van der Waals surface area contributed by atoms with Crippen molar-refractivity contribution in [3.05, 3.63) is 0 Å². The van der Waals surface area contributed by atoms with Crippen molar-refractivity contribution in [1.29, 1.82) is 0 Å².